The normalized spacial score (nSPS) is 13.4. The van der Waals surface area contributed by atoms with Crippen LogP contribution < -0.4 is 5.56 Å². The van der Waals surface area contributed by atoms with Gasteiger partial charge in [0.05, 0.1) is 28.8 Å². The van der Waals surface area contributed by atoms with Crippen LogP contribution in [0.2, 0.25) is 0 Å². The van der Waals surface area contributed by atoms with Crippen LogP contribution in [0.4, 0.5) is 0 Å². The van der Waals surface area contributed by atoms with Gasteiger partial charge >= 0.3 is 0 Å². The number of Topliss-reactive ketones (excluding diaryl/α,β-unsaturated/α-hetero) is 1. The largest absolute Gasteiger partial charge is 0.383 e. The first kappa shape index (κ1) is 21.3. The van der Waals surface area contributed by atoms with Crippen LogP contribution in [0.3, 0.4) is 0 Å². The van der Waals surface area contributed by atoms with Crippen LogP contribution in [0.15, 0.2) is 52.4 Å². The van der Waals surface area contributed by atoms with Gasteiger partial charge in [-0.15, -0.1) is 0 Å². The third-order valence-electron chi connectivity index (χ3n) is 4.93. The van der Waals surface area contributed by atoms with E-state index in [0.717, 1.165) is 11.1 Å². The number of ketones is 1. The Labute approximate surface area is 175 Å². The van der Waals surface area contributed by atoms with Crippen LogP contribution in [0.25, 0.3) is 10.9 Å². The number of para-hydroxylation sites is 1. The van der Waals surface area contributed by atoms with Crippen molar-refractivity contribution in [2.24, 2.45) is 0 Å². The Bertz CT molecular complexity index is 1110. The lowest BCUT2D eigenvalue weighted by atomic mass is 10.0. The smallest absolute Gasteiger partial charge is 0.262 e. The predicted octanol–water partition coefficient (Wildman–Crippen LogP) is 4.58. The van der Waals surface area contributed by atoms with Gasteiger partial charge in [-0.25, -0.2) is 4.98 Å². The summed E-state index contributed by atoms with van der Waals surface area (Å²) < 4.78 is 6.91. The van der Waals surface area contributed by atoms with Crippen molar-refractivity contribution in [2.75, 3.05) is 13.7 Å². The fourth-order valence-electron chi connectivity index (χ4n) is 3.35. The molecule has 2 unspecified atom stereocenters. The van der Waals surface area contributed by atoms with E-state index in [1.165, 1.54) is 11.8 Å². The van der Waals surface area contributed by atoms with Crippen molar-refractivity contribution in [3.8, 4) is 0 Å². The quantitative estimate of drug-likeness (QED) is 0.324. The summed E-state index contributed by atoms with van der Waals surface area (Å²) in [7, 11) is 1.61. The van der Waals surface area contributed by atoms with Gasteiger partial charge in [0.2, 0.25) is 0 Å². The zero-order valence-corrected chi connectivity index (χ0v) is 18.2. The molecule has 0 bridgehead atoms. The fraction of sp³-hybridized carbons (Fsp3) is 0.348. The molecule has 2 atom stereocenters. The molecular formula is C23H26N2O3S. The number of thioether (sulfide) groups is 1. The number of methoxy groups -OCH3 is 1. The first-order chi connectivity index (χ1) is 13.8. The van der Waals surface area contributed by atoms with Gasteiger partial charge in [0.15, 0.2) is 10.9 Å². The van der Waals surface area contributed by atoms with E-state index in [1.807, 2.05) is 64.1 Å². The Morgan fingerprint density at radius 1 is 1.17 bits per heavy atom. The predicted molar refractivity (Wildman–Crippen MR) is 118 cm³/mol. The zero-order valence-electron chi connectivity index (χ0n) is 17.4. The number of hydrogen-bond acceptors (Lipinski definition) is 5. The second-order valence-electron chi connectivity index (χ2n) is 7.33. The molecule has 3 aromatic rings. The number of ether oxygens (including phenoxy) is 1. The molecule has 0 radical (unpaired) electrons. The number of rotatable bonds is 7. The average Bonchev–Trinajstić information content (AvgIpc) is 2.69. The number of carbonyl (C=O) groups is 1. The summed E-state index contributed by atoms with van der Waals surface area (Å²) in [6.45, 7) is 8.08. The lowest BCUT2D eigenvalue weighted by Crippen LogP contribution is -2.29. The highest BCUT2D eigenvalue weighted by Gasteiger charge is 2.23. The van der Waals surface area contributed by atoms with Gasteiger partial charge < -0.3 is 4.74 Å². The van der Waals surface area contributed by atoms with Gasteiger partial charge in [-0.3, -0.25) is 14.2 Å². The highest BCUT2D eigenvalue weighted by molar-refractivity contribution is 8.00. The van der Waals surface area contributed by atoms with Crippen molar-refractivity contribution in [1.82, 2.24) is 9.55 Å². The molecule has 0 fully saturated rings. The molecule has 0 N–H and O–H groups in total. The standard InChI is InChI=1S/C23H26N2O3S/c1-14-10-11-15(2)19(12-14)21(26)17(4)29-23-24-20-9-7-6-8-18(20)22(27)25(23)16(3)13-28-5/h6-12,16-17H,13H2,1-5H3. The first-order valence-corrected chi connectivity index (χ1v) is 10.5. The van der Waals surface area contributed by atoms with Gasteiger partial charge in [-0.1, -0.05) is 41.6 Å². The summed E-state index contributed by atoms with van der Waals surface area (Å²) in [4.78, 5) is 31.0. The molecule has 0 aliphatic heterocycles. The summed E-state index contributed by atoms with van der Waals surface area (Å²) in [5, 5.41) is 0.710. The third kappa shape index (κ3) is 4.43. The van der Waals surface area contributed by atoms with Crippen molar-refractivity contribution in [3.05, 3.63) is 69.5 Å². The maximum absolute atomic E-state index is 13.2. The topological polar surface area (TPSA) is 61.2 Å². The van der Waals surface area contributed by atoms with Crippen LogP contribution in [0.1, 0.15) is 41.4 Å². The average molecular weight is 411 g/mol. The minimum atomic E-state index is -0.385. The van der Waals surface area contributed by atoms with E-state index >= 15 is 0 Å². The molecule has 3 rings (SSSR count). The minimum Gasteiger partial charge on any atom is -0.383 e. The molecule has 6 heteroatoms. The summed E-state index contributed by atoms with van der Waals surface area (Å²) in [5.41, 5.74) is 3.22. The molecule has 0 saturated heterocycles. The van der Waals surface area contributed by atoms with Gasteiger partial charge in [-0.05, 0) is 51.5 Å². The van der Waals surface area contributed by atoms with Crippen molar-refractivity contribution < 1.29 is 9.53 Å². The Hall–Kier alpha value is -2.44. The molecular weight excluding hydrogens is 384 g/mol. The molecule has 5 nitrogen and oxygen atoms in total. The lowest BCUT2D eigenvalue weighted by molar-refractivity contribution is 0.0993. The van der Waals surface area contributed by atoms with Crippen molar-refractivity contribution in [1.29, 1.82) is 0 Å². The van der Waals surface area contributed by atoms with Gasteiger partial charge in [0.1, 0.15) is 0 Å². The Kier molecular flexibility index (Phi) is 6.55. The molecule has 0 aliphatic carbocycles. The molecule has 29 heavy (non-hydrogen) atoms. The number of aryl methyl sites for hydroxylation is 2. The second kappa shape index (κ2) is 8.93. The Morgan fingerprint density at radius 2 is 1.90 bits per heavy atom. The molecule has 0 spiro atoms. The third-order valence-corrected chi connectivity index (χ3v) is 6.00. The molecule has 0 saturated carbocycles. The Balaban J connectivity index is 2.04. The summed E-state index contributed by atoms with van der Waals surface area (Å²) in [6, 6.07) is 13.0. The van der Waals surface area contributed by atoms with E-state index in [9.17, 15) is 9.59 Å². The number of carbonyl (C=O) groups excluding carboxylic acids is 1. The fourth-order valence-corrected chi connectivity index (χ4v) is 4.42. The lowest BCUT2D eigenvalue weighted by Gasteiger charge is -2.20. The van der Waals surface area contributed by atoms with E-state index < -0.39 is 0 Å². The number of aromatic nitrogens is 2. The van der Waals surface area contributed by atoms with E-state index in [4.69, 9.17) is 9.72 Å². The summed E-state index contributed by atoms with van der Waals surface area (Å²) in [6.07, 6.45) is 0. The molecule has 152 valence electrons. The van der Waals surface area contributed by atoms with Gasteiger partial charge in [0.25, 0.3) is 5.56 Å². The maximum Gasteiger partial charge on any atom is 0.262 e. The molecule has 0 amide bonds. The highest BCUT2D eigenvalue weighted by Crippen LogP contribution is 2.28. The number of hydrogen-bond donors (Lipinski definition) is 0. The first-order valence-electron chi connectivity index (χ1n) is 9.61. The maximum atomic E-state index is 13.2. The molecule has 1 aromatic heterocycles. The van der Waals surface area contributed by atoms with Crippen LogP contribution in [0, 0.1) is 13.8 Å². The molecule has 1 heterocycles. The van der Waals surface area contributed by atoms with Crippen molar-refractivity contribution in [2.45, 2.75) is 44.1 Å². The van der Waals surface area contributed by atoms with E-state index in [2.05, 4.69) is 0 Å². The highest BCUT2D eigenvalue weighted by atomic mass is 32.2. The number of fused-ring (bicyclic) bond motifs is 1. The molecule has 0 aliphatic rings. The van der Waals surface area contributed by atoms with Gasteiger partial charge in [0, 0.05) is 12.7 Å². The minimum absolute atomic E-state index is 0.0320. The summed E-state index contributed by atoms with van der Waals surface area (Å²) >= 11 is 1.32. The van der Waals surface area contributed by atoms with Gasteiger partial charge in [-0.2, -0.15) is 0 Å². The SMILES string of the molecule is COCC(C)n1c(SC(C)C(=O)c2cc(C)ccc2C)nc2ccccc2c1=O. The van der Waals surface area contributed by atoms with Crippen LogP contribution in [-0.2, 0) is 4.74 Å². The van der Waals surface area contributed by atoms with Crippen molar-refractivity contribution >= 4 is 28.4 Å². The zero-order chi connectivity index (χ0) is 21.1. The monoisotopic (exact) mass is 410 g/mol. The van der Waals surface area contributed by atoms with Crippen LogP contribution in [0.5, 0.6) is 0 Å². The van der Waals surface area contributed by atoms with Crippen LogP contribution >= 0.6 is 11.8 Å². The van der Waals surface area contributed by atoms with E-state index in [0.29, 0.717) is 28.2 Å². The van der Waals surface area contributed by atoms with E-state index in [1.54, 1.807) is 17.7 Å². The van der Waals surface area contributed by atoms with E-state index in [-0.39, 0.29) is 22.6 Å². The Morgan fingerprint density at radius 3 is 2.62 bits per heavy atom. The number of benzene rings is 2. The van der Waals surface area contributed by atoms with Crippen LogP contribution in [-0.4, -0.2) is 34.3 Å². The molecule has 2 aromatic carbocycles. The van der Waals surface area contributed by atoms with Crippen molar-refractivity contribution in [3.63, 3.8) is 0 Å². The second-order valence-corrected chi connectivity index (χ2v) is 8.64. The number of nitrogens with zero attached hydrogens (tertiary/aromatic N) is 2. The summed E-state index contributed by atoms with van der Waals surface area (Å²) in [5.74, 6) is 0.0320.